The molecule has 2 rings (SSSR count). The van der Waals surface area contributed by atoms with Gasteiger partial charge in [-0.15, -0.1) is 0 Å². The molecule has 1 N–H and O–H groups in total. The van der Waals surface area contributed by atoms with Crippen molar-refractivity contribution in [2.24, 2.45) is 0 Å². The van der Waals surface area contributed by atoms with Gasteiger partial charge in [0.05, 0.1) is 0 Å². The standard InChI is InChI=1S/C22H22Br2O6/c1-13(23)21(27)29-17-7-3-15(4-8-17)19(11-12-20(25)26)16-5-9-18(10-6-16)30-22(28)14(2)24/h3-10,13-14,19H,11-12H2,1-2H3,(H,25,26). The van der Waals surface area contributed by atoms with Crippen LogP contribution in [0.5, 0.6) is 11.5 Å². The van der Waals surface area contributed by atoms with Crippen molar-refractivity contribution in [3.8, 4) is 11.5 Å². The Morgan fingerprint density at radius 1 is 0.800 bits per heavy atom. The molecule has 2 unspecified atom stereocenters. The Balaban J connectivity index is 2.22. The number of hydrogen-bond acceptors (Lipinski definition) is 5. The minimum absolute atomic E-state index is 0.000342. The van der Waals surface area contributed by atoms with Crippen LogP contribution in [0.4, 0.5) is 0 Å². The number of carbonyl (C=O) groups is 3. The number of ether oxygens (including phenoxy) is 2. The van der Waals surface area contributed by atoms with Gasteiger partial charge >= 0.3 is 17.9 Å². The summed E-state index contributed by atoms with van der Waals surface area (Å²) in [6.07, 6.45) is 0.394. The molecule has 8 heteroatoms. The molecular weight excluding hydrogens is 520 g/mol. The SMILES string of the molecule is CC(Br)C(=O)Oc1ccc(C(CCC(=O)O)c2ccc(OC(=O)C(C)Br)cc2)cc1. The Hall–Kier alpha value is -2.19. The molecule has 2 aromatic carbocycles. The van der Waals surface area contributed by atoms with Crippen molar-refractivity contribution < 1.29 is 29.0 Å². The zero-order chi connectivity index (χ0) is 22.3. The minimum atomic E-state index is -0.881. The van der Waals surface area contributed by atoms with Gasteiger partial charge in [0.2, 0.25) is 0 Å². The molecule has 0 amide bonds. The number of rotatable bonds is 9. The number of halogens is 2. The summed E-state index contributed by atoms with van der Waals surface area (Å²) in [5.41, 5.74) is 1.78. The lowest BCUT2D eigenvalue weighted by molar-refractivity contribution is -0.137. The van der Waals surface area contributed by atoms with E-state index >= 15 is 0 Å². The predicted octanol–water partition coefficient (Wildman–Crippen LogP) is 5.06. The van der Waals surface area contributed by atoms with Crippen LogP contribution in [-0.2, 0) is 14.4 Å². The van der Waals surface area contributed by atoms with E-state index in [1.807, 2.05) is 24.3 Å². The van der Waals surface area contributed by atoms with Gasteiger partial charge in [0, 0.05) is 12.3 Å². The Morgan fingerprint density at radius 2 is 1.17 bits per heavy atom. The molecule has 0 bridgehead atoms. The fourth-order valence-corrected chi connectivity index (χ4v) is 2.91. The lowest BCUT2D eigenvalue weighted by atomic mass is 9.87. The number of alkyl halides is 2. The van der Waals surface area contributed by atoms with Crippen molar-refractivity contribution in [3.05, 3.63) is 59.7 Å². The van der Waals surface area contributed by atoms with E-state index in [0.29, 0.717) is 17.9 Å². The van der Waals surface area contributed by atoms with E-state index in [1.165, 1.54) is 0 Å². The van der Waals surface area contributed by atoms with Crippen molar-refractivity contribution in [1.82, 2.24) is 0 Å². The van der Waals surface area contributed by atoms with E-state index in [0.717, 1.165) is 11.1 Å². The van der Waals surface area contributed by atoms with Crippen molar-refractivity contribution >= 4 is 49.8 Å². The second-order valence-electron chi connectivity index (χ2n) is 6.70. The molecule has 2 atom stereocenters. The number of carboxylic acid groups (broad SMARTS) is 1. The Bertz CT molecular complexity index is 810. The first-order valence-electron chi connectivity index (χ1n) is 9.30. The first kappa shape index (κ1) is 24.1. The van der Waals surface area contributed by atoms with Crippen LogP contribution in [0.25, 0.3) is 0 Å². The second-order valence-corrected chi connectivity index (χ2v) is 9.44. The van der Waals surface area contributed by atoms with E-state index in [4.69, 9.17) is 14.6 Å². The van der Waals surface area contributed by atoms with E-state index in [9.17, 15) is 14.4 Å². The van der Waals surface area contributed by atoms with Gasteiger partial charge in [0.15, 0.2) is 0 Å². The third-order valence-electron chi connectivity index (χ3n) is 4.30. The topological polar surface area (TPSA) is 89.9 Å². The lowest BCUT2D eigenvalue weighted by Crippen LogP contribution is -2.17. The lowest BCUT2D eigenvalue weighted by Gasteiger charge is -2.18. The molecule has 0 spiro atoms. The van der Waals surface area contributed by atoms with Gasteiger partial charge in [-0.3, -0.25) is 14.4 Å². The van der Waals surface area contributed by atoms with E-state index < -0.39 is 27.6 Å². The smallest absolute Gasteiger partial charge is 0.324 e. The summed E-state index contributed by atoms with van der Waals surface area (Å²) in [4.78, 5) is 33.7. The van der Waals surface area contributed by atoms with Crippen LogP contribution in [0, 0.1) is 0 Å². The molecule has 0 aliphatic rings. The van der Waals surface area contributed by atoms with Crippen LogP contribution in [0.3, 0.4) is 0 Å². The monoisotopic (exact) mass is 540 g/mol. The summed E-state index contributed by atoms with van der Waals surface area (Å²) >= 11 is 6.33. The van der Waals surface area contributed by atoms with Gasteiger partial charge in [0.1, 0.15) is 21.2 Å². The third kappa shape index (κ3) is 7.25. The number of carbonyl (C=O) groups excluding carboxylic acids is 2. The first-order valence-corrected chi connectivity index (χ1v) is 11.1. The van der Waals surface area contributed by atoms with Crippen molar-refractivity contribution in [2.75, 3.05) is 0 Å². The molecule has 0 aromatic heterocycles. The number of esters is 2. The maximum Gasteiger partial charge on any atom is 0.324 e. The molecule has 6 nitrogen and oxygen atoms in total. The number of aliphatic carboxylic acids is 1. The van der Waals surface area contributed by atoms with Gasteiger partial charge in [-0.05, 0) is 55.7 Å². The van der Waals surface area contributed by atoms with Crippen LogP contribution >= 0.6 is 31.9 Å². The van der Waals surface area contributed by atoms with E-state index in [1.54, 1.807) is 38.1 Å². The molecular formula is C22H22Br2O6. The zero-order valence-corrected chi connectivity index (χ0v) is 19.7. The summed E-state index contributed by atoms with van der Waals surface area (Å²) < 4.78 is 10.5. The normalized spacial score (nSPS) is 13.7. The Kier molecular flexibility index (Phi) is 9.05. The summed E-state index contributed by atoms with van der Waals surface area (Å²) in [7, 11) is 0. The highest BCUT2D eigenvalue weighted by Crippen LogP contribution is 2.32. The maximum atomic E-state index is 11.7. The van der Waals surface area contributed by atoms with Gasteiger partial charge in [-0.1, -0.05) is 56.1 Å². The maximum absolute atomic E-state index is 11.7. The summed E-state index contributed by atoms with van der Waals surface area (Å²) in [5, 5.41) is 9.12. The van der Waals surface area contributed by atoms with Crippen LogP contribution in [0.1, 0.15) is 43.7 Å². The molecule has 0 saturated carbocycles. The van der Waals surface area contributed by atoms with E-state index in [2.05, 4.69) is 31.9 Å². The van der Waals surface area contributed by atoms with Crippen molar-refractivity contribution in [2.45, 2.75) is 42.3 Å². The highest BCUT2D eigenvalue weighted by Gasteiger charge is 2.18. The van der Waals surface area contributed by atoms with Gasteiger partial charge in [-0.25, -0.2) is 0 Å². The number of carboxylic acids is 1. The molecule has 0 saturated heterocycles. The quantitative estimate of drug-likeness (QED) is 0.271. The highest BCUT2D eigenvalue weighted by atomic mass is 79.9. The van der Waals surface area contributed by atoms with Crippen LogP contribution in [-0.4, -0.2) is 32.7 Å². The summed E-state index contributed by atoms with van der Waals surface area (Å²) in [6, 6.07) is 14.0. The average molecular weight is 542 g/mol. The second kappa shape index (κ2) is 11.3. The molecule has 0 heterocycles. The molecule has 2 aromatic rings. The van der Waals surface area contributed by atoms with Crippen LogP contribution < -0.4 is 9.47 Å². The molecule has 0 fully saturated rings. The van der Waals surface area contributed by atoms with Crippen molar-refractivity contribution in [1.29, 1.82) is 0 Å². The number of hydrogen-bond donors (Lipinski definition) is 1. The zero-order valence-electron chi connectivity index (χ0n) is 16.5. The summed E-state index contributed by atoms with van der Waals surface area (Å²) in [5.74, 6) is -1.02. The van der Waals surface area contributed by atoms with Crippen LogP contribution in [0.2, 0.25) is 0 Å². The molecule has 30 heavy (non-hydrogen) atoms. The highest BCUT2D eigenvalue weighted by molar-refractivity contribution is 9.10. The fourth-order valence-electron chi connectivity index (χ4n) is 2.72. The van der Waals surface area contributed by atoms with Crippen LogP contribution in [0.15, 0.2) is 48.5 Å². The fraction of sp³-hybridized carbons (Fsp3) is 0.318. The number of benzene rings is 2. The largest absolute Gasteiger partial charge is 0.481 e. The van der Waals surface area contributed by atoms with Crippen molar-refractivity contribution in [3.63, 3.8) is 0 Å². The summed E-state index contributed by atoms with van der Waals surface area (Å²) in [6.45, 7) is 3.36. The predicted molar refractivity (Wildman–Crippen MR) is 120 cm³/mol. The van der Waals surface area contributed by atoms with Gasteiger partial charge in [0.25, 0.3) is 0 Å². The Morgan fingerprint density at radius 3 is 1.47 bits per heavy atom. The third-order valence-corrected chi connectivity index (χ3v) is 5.05. The molecule has 0 aliphatic carbocycles. The minimum Gasteiger partial charge on any atom is -0.481 e. The first-order chi connectivity index (χ1) is 14.2. The van der Waals surface area contributed by atoms with E-state index in [-0.39, 0.29) is 12.3 Å². The molecule has 0 radical (unpaired) electrons. The Labute approximate surface area is 191 Å². The van der Waals surface area contributed by atoms with Gasteiger partial charge < -0.3 is 14.6 Å². The molecule has 0 aliphatic heterocycles. The average Bonchev–Trinajstić information content (AvgIpc) is 2.70. The molecule has 160 valence electrons. The van der Waals surface area contributed by atoms with Gasteiger partial charge in [-0.2, -0.15) is 0 Å².